The Kier molecular flexibility index (Phi) is 7.30. The molecule has 0 saturated heterocycles. The van der Waals surface area contributed by atoms with Crippen LogP contribution in [-0.4, -0.2) is 52.9 Å². The number of aromatic nitrogens is 2. The molecule has 6 nitrogen and oxygen atoms in total. The summed E-state index contributed by atoms with van der Waals surface area (Å²) in [5, 5.41) is 11.4. The molecule has 0 spiro atoms. The van der Waals surface area contributed by atoms with E-state index in [1.54, 1.807) is 12.1 Å². The maximum Gasteiger partial charge on any atom is 0.410 e. The summed E-state index contributed by atoms with van der Waals surface area (Å²) in [5.74, 6) is -0.547. The second-order valence-corrected chi connectivity index (χ2v) is 8.45. The molecule has 2 atom stereocenters. The highest BCUT2D eigenvalue weighted by Gasteiger charge is 2.48. The average Bonchev–Trinajstić information content (AvgIpc) is 3.35. The molecule has 2 aromatic heterocycles. The zero-order valence-electron chi connectivity index (χ0n) is 16.8. The zero-order valence-corrected chi connectivity index (χ0v) is 18.4. The summed E-state index contributed by atoms with van der Waals surface area (Å²) in [5.41, 5.74) is -0.192. The highest BCUT2D eigenvalue weighted by molar-refractivity contribution is 7.10. The van der Waals surface area contributed by atoms with E-state index in [1.165, 1.54) is 11.3 Å². The SMILES string of the molecule is CCN(CC)CCCNC(=O)c1nn2c(c1Cl)N[C@H](c1cccs1)C[C@@H]2C(F)(F)F. The standard InChI is InChI=1S/C19H25ClF3N5OS/c1-3-27(4-2)9-6-8-24-18(29)16-15(20)17-25-12(13-7-5-10-30-13)11-14(19(21,22)23)28(17)26-16/h5,7,10,12,14,25H,3-4,6,8-9,11H2,1-2H3,(H,24,29)/t12-,14+/m0/s1. The summed E-state index contributed by atoms with van der Waals surface area (Å²) in [6.45, 7) is 7.17. The van der Waals surface area contributed by atoms with Crippen molar-refractivity contribution in [2.45, 2.75) is 44.9 Å². The molecule has 1 amide bonds. The van der Waals surface area contributed by atoms with Crippen molar-refractivity contribution in [1.82, 2.24) is 20.0 Å². The van der Waals surface area contributed by atoms with Crippen LogP contribution in [-0.2, 0) is 0 Å². The summed E-state index contributed by atoms with van der Waals surface area (Å²) >= 11 is 7.68. The van der Waals surface area contributed by atoms with Gasteiger partial charge in [0, 0.05) is 17.8 Å². The van der Waals surface area contributed by atoms with Gasteiger partial charge in [-0.1, -0.05) is 31.5 Å². The fraction of sp³-hybridized carbons (Fsp3) is 0.579. The summed E-state index contributed by atoms with van der Waals surface area (Å²) in [7, 11) is 0. The Morgan fingerprint density at radius 1 is 1.43 bits per heavy atom. The van der Waals surface area contributed by atoms with Gasteiger partial charge in [-0.3, -0.25) is 4.79 Å². The van der Waals surface area contributed by atoms with E-state index in [2.05, 4.69) is 34.5 Å². The van der Waals surface area contributed by atoms with Crippen LogP contribution in [0.3, 0.4) is 0 Å². The smallest absolute Gasteiger partial charge is 0.361 e. The molecule has 1 aliphatic rings. The number of alkyl halides is 3. The lowest BCUT2D eigenvalue weighted by molar-refractivity contribution is -0.173. The van der Waals surface area contributed by atoms with Crippen LogP contribution in [0.2, 0.25) is 5.02 Å². The van der Waals surface area contributed by atoms with E-state index in [0.29, 0.717) is 6.54 Å². The summed E-state index contributed by atoms with van der Waals surface area (Å²) in [6, 6.07) is 1.15. The van der Waals surface area contributed by atoms with E-state index < -0.39 is 24.2 Å². The molecule has 30 heavy (non-hydrogen) atoms. The third-order valence-electron chi connectivity index (χ3n) is 5.23. The number of nitrogens with one attached hydrogen (secondary N) is 2. The Morgan fingerprint density at radius 3 is 2.77 bits per heavy atom. The Morgan fingerprint density at radius 2 is 2.17 bits per heavy atom. The fourth-order valence-corrected chi connectivity index (χ4v) is 4.59. The van der Waals surface area contributed by atoms with Crippen molar-refractivity contribution >= 4 is 34.7 Å². The van der Waals surface area contributed by atoms with E-state index >= 15 is 0 Å². The van der Waals surface area contributed by atoms with Crippen molar-refractivity contribution in [2.75, 3.05) is 31.5 Å². The normalized spacial score (nSPS) is 18.9. The van der Waals surface area contributed by atoms with E-state index in [0.717, 1.165) is 35.6 Å². The van der Waals surface area contributed by atoms with Crippen LogP contribution in [0.1, 0.15) is 54.1 Å². The van der Waals surface area contributed by atoms with Crippen LogP contribution < -0.4 is 10.6 Å². The van der Waals surface area contributed by atoms with Gasteiger partial charge in [0.2, 0.25) is 0 Å². The molecule has 0 bridgehead atoms. The topological polar surface area (TPSA) is 62.2 Å². The molecular weight excluding hydrogens is 439 g/mol. The van der Waals surface area contributed by atoms with Gasteiger partial charge in [0.25, 0.3) is 5.91 Å². The lowest BCUT2D eigenvalue weighted by Gasteiger charge is -2.32. The van der Waals surface area contributed by atoms with Crippen molar-refractivity contribution in [2.24, 2.45) is 0 Å². The third-order valence-corrected chi connectivity index (χ3v) is 6.57. The first-order valence-corrected chi connectivity index (χ1v) is 11.2. The van der Waals surface area contributed by atoms with Gasteiger partial charge in [0.1, 0.15) is 10.8 Å². The van der Waals surface area contributed by atoms with Crippen molar-refractivity contribution in [1.29, 1.82) is 0 Å². The van der Waals surface area contributed by atoms with Crippen molar-refractivity contribution in [3.05, 3.63) is 33.1 Å². The zero-order chi connectivity index (χ0) is 21.9. The van der Waals surface area contributed by atoms with Gasteiger partial charge in [-0.15, -0.1) is 11.3 Å². The monoisotopic (exact) mass is 463 g/mol. The van der Waals surface area contributed by atoms with Crippen LogP contribution in [0.15, 0.2) is 17.5 Å². The number of halogens is 4. The van der Waals surface area contributed by atoms with Crippen LogP contribution in [0.4, 0.5) is 19.0 Å². The maximum atomic E-state index is 13.7. The van der Waals surface area contributed by atoms with Gasteiger partial charge in [0.15, 0.2) is 11.7 Å². The number of fused-ring (bicyclic) bond motifs is 1. The summed E-state index contributed by atoms with van der Waals surface area (Å²) in [4.78, 5) is 15.5. The molecule has 2 aromatic rings. The first kappa shape index (κ1) is 22.9. The van der Waals surface area contributed by atoms with Crippen molar-refractivity contribution in [3.8, 4) is 0 Å². The number of hydrogen-bond donors (Lipinski definition) is 2. The summed E-state index contributed by atoms with van der Waals surface area (Å²) < 4.78 is 42.0. The molecular formula is C19H25ClF3N5OS. The predicted octanol–water partition coefficient (Wildman–Crippen LogP) is 4.72. The van der Waals surface area contributed by atoms with Crippen molar-refractivity contribution < 1.29 is 18.0 Å². The number of anilines is 1. The van der Waals surface area contributed by atoms with Gasteiger partial charge in [0.05, 0.1) is 6.04 Å². The van der Waals surface area contributed by atoms with E-state index in [9.17, 15) is 18.0 Å². The molecule has 166 valence electrons. The van der Waals surface area contributed by atoms with Gasteiger partial charge in [-0.25, -0.2) is 4.68 Å². The largest absolute Gasteiger partial charge is 0.410 e. The van der Waals surface area contributed by atoms with Crippen LogP contribution in [0.5, 0.6) is 0 Å². The quantitative estimate of drug-likeness (QED) is 0.556. The number of thiophene rings is 1. The number of nitrogens with zero attached hydrogens (tertiary/aromatic N) is 3. The van der Waals surface area contributed by atoms with Gasteiger partial charge >= 0.3 is 6.18 Å². The molecule has 3 rings (SSSR count). The molecule has 0 fully saturated rings. The van der Waals surface area contributed by atoms with Crippen molar-refractivity contribution in [3.63, 3.8) is 0 Å². The second kappa shape index (κ2) is 9.57. The number of carbonyl (C=O) groups is 1. The molecule has 0 radical (unpaired) electrons. The number of amides is 1. The Labute approximate surface area is 182 Å². The first-order chi connectivity index (χ1) is 14.3. The number of carbonyl (C=O) groups excluding carboxylic acids is 1. The van der Waals surface area contributed by atoms with Gasteiger partial charge < -0.3 is 15.5 Å². The lowest BCUT2D eigenvalue weighted by Crippen LogP contribution is -2.35. The Bertz CT molecular complexity index is 851. The molecule has 0 unspecified atom stereocenters. The Balaban J connectivity index is 1.77. The number of hydrogen-bond acceptors (Lipinski definition) is 5. The van der Waals surface area contributed by atoms with E-state index in [-0.39, 0.29) is 23.0 Å². The maximum absolute atomic E-state index is 13.7. The minimum atomic E-state index is -4.51. The minimum absolute atomic E-state index is 0.0249. The van der Waals surface area contributed by atoms with Crippen LogP contribution in [0, 0.1) is 0 Å². The molecule has 11 heteroatoms. The second-order valence-electron chi connectivity index (χ2n) is 7.10. The van der Waals surface area contributed by atoms with E-state index in [1.807, 2.05) is 5.38 Å². The molecule has 2 N–H and O–H groups in total. The fourth-order valence-electron chi connectivity index (χ4n) is 3.54. The predicted molar refractivity (Wildman–Crippen MR) is 112 cm³/mol. The minimum Gasteiger partial charge on any atom is -0.361 e. The number of rotatable bonds is 8. The van der Waals surface area contributed by atoms with Crippen LogP contribution in [0.25, 0.3) is 0 Å². The first-order valence-electron chi connectivity index (χ1n) is 9.91. The highest BCUT2D eigenvalue weighted by atomic mass is 35.5. The van der Waals surface area contributed by atoms with Gasteiger partial charge in [-0.2, -0.15) is 18.3 Å². The molecule has 0 aliphatic carbocycles. The third kappa shape index (κ3) is 4.92. The Hall–Kier alpha value is -1.78. The lowest BCUT2D eigenvalue weighted by atomic mass is 10.0. The molecule has 1 aliphatic heterocycles. The van der Waals surface area contributed by atoms with E-state index in [4.69, 9.17) is 11.6 Å². The molecule has 0 aromatic carbocycles. The molecule has 0 saturated carbocycles. The highest BCUT2D eigenvalue weighted by Crippen LogP contribution is 2.46. The van der Waals surface area contributed by atoms with Crippen LogP contribution >= 0.6 is 22.9 Å². The van der Waals surface area contributed by atoms with Gasteiger partial charge in [-0.05, 0) is 37.5 Å². The summed E-state index contributed by atoms with van der Waals surface area (Å²) in [6.07, 6.45) is -4.01. The molecule has 3 heterocycles. The average molecular weight is 464 g/mol.